The first-order chi connectivity index (χ1) is 16.8. The van der Waals surface area contributed by atoms with E-state index in [0.717, 1.165) is 10.1 Å². The predicted molar refractivity (Wildman–Crippen MR) is 138 cm³/mol. The van der Waals surface area contributed by atoms with E-state index in [2.05, 4.69) is 9.98 Å². The summed E-state index contributed by atoms with van der Waals surface area (Å²) >= 11 is 0. The van der Waals surface area contributed by atoms with Gasteiger partial charge in [0.25, 0.3) is 5.56 Å². The van der Waals surface area contributed by atoms with Crippen LogP contribution >= 0.6 is 0 Å². The molecule has 0 unspecified atom stereocenters. The minimum absolute atomic E-state index is 0.0392. The lowest BCUT2D eigenvalue weighted by atomic mass is 10.1. The van der Waals surface area contributed by atoms with Gasteiger partial charge in [-0.15, -0.1) is 0 Å². The third-order valence-electron chi connectivity index (χ3n) is 5.75. The molecule has 0 aliphatic rings. The molecule has 0 fully saturated rings. The number of aliphatic imine (C=N–C) groups is 1. The van der Waals surface area contributed by atoms with Crippen molar-refractivity contribution < 1.29 is 13.5 Å². The van der Waals surface area contributed by atoms with Crippen LogP contribution in [0.5, 0.6) is 5.88 Å². The molecule has 0 saturated carbocycles. The monoisotopic (exact) mass is 490 g/mol. The normalized spacial score (nSPS) is 12.1. The van der Waals surface area contributed by atoms with Gasteiger partial charge in [0.1, 0.15) is 0 Å². The maximum Gasteiger partial charge on any atom is 0.265 e. The van der Waals surface area contributed by atoms with E-state index < -0.39 is 15.6 Å². The van der Waals surface area contributed by atoms with Gasteiger partial charge in [0.2, 0.25) is 15.9 Å². The maximum absolute atomic E-state index is 13.4. The molecule has 2 aromatic carbocycles. The van der Waals surface area contributed by atoms with E-state index >= 15 is 0 Å². The minimum Gasteiger partial charge on any atom is -0.494 e. The van der Waals surface area contributed by atoms with Crippen LogP contribution in [0.1, 0.15) is 25.0 Å². The van der Waals surface area contributed by atoms with E-state index in [1.807, 2.05) is 13.0 Å². The van der Waals surface area contributed by atoms with Crippen LogP contribution in [-0.4, -0.2) is 46.7 Å². The number of pyridine rings is 2. The maximum atomic E-state index is 13.4. The molecular weight excluding hydrogens is 464 g/mol. The van der Waals surface area contributed by atoms with Crippen molar-refractivity contribution in [1.29, 1.82) is 0 Å². The molecule has 0 bridgehead atoms. The summed E-state index contributed by atoms with van der Waals surface area (Å²) in [5.74, 6) is 0.112. The molecule has 4 rings (SSSR count). The summed E-state index contributed by atoms with van der Waals surface area (Å²) in [4.78, 5) is 22.1. The summed E-state index contributed by atoms with van der Waals surface area (Å²) in [6.07, 6.45) is 3.11. The van der Waals surface area contributed by atoms with Crippen LogP contribution in [0, 0.1) is 6.92 Å². The van der Waals surface area contributed by atoms with E-state index in [1.165, 1.54) is 22.7 Å². The molecule has 2 heterocycles. The standard InChI is InChI=1S/C26H26N4O4S/c1-4-29(5-2)35(33,34)20-10-8-9-19(16-20)30-25(31)22-12-7-6-11-21(22)23(26(30)32)17-28-24-15-18(3)13-14-27-24/h6-17,32H,4-5H2,1-3H3. The zero-order valence-electron chi connectivity index (χ0n) is 19.7. The second kappa shape index (κ2) is 9.81. The van der Waals surface area contributed by atoms with Gasteiger partial charge in [-0.2, -0.15) is 4.31 Å². The van der Waals surface area contributed by atoms with Crippen LogP contribution in [0.3, 0.4) is 0 Å². The average molecular weight is 491 g/mol. The third-order valence-corrected chi connectivity index (χ3v) is 7.80. The molecule has 0 spiro atoms. The van der Waals surface area contributed by atoms with E-state index in [4.69, 9.17) is 0 Å². The van der Waals surface area contributed by atoms with E-state index in [1.54, 1.807) is 62.5 Å². The lowest BCUT2D eigenvalue weighted by molar-refractivity contribution is 0.435. The van der Waals surface area contributed by atoms with Crippen LogP contribution in [-0.2, 0) is 10.0 Å². The fourth-order valence-electron chi connectivity index (χ4n) is 3.95. The molecule has 180 valence electrons. The molecule has 9 heteroatoms. The number of rotatable bonds is 7. The lowest BCUT2D eigenvalue weighted by Gasteiger charge is -2.19. The second-order valence-electron chi connectivity index (χ2n) is 7.96. The Hall–Kier alpha value is -3.82. The highest BCUT2D eigenvalue weighted by atomic mass is 32.2. The third kappa shape index (κ3) is 4.60. The summed E-state index contributed by atoms with van der Waals surface area (Å²) < 4.78 is 28.6. The molecule has 0 atom stereocenters. The van der Waals surface area contributed by atoms with Gasteiger partial charge in [-0.25, -0.2) is 23.0 Å². The number of nitrogens with zero attached hydrogens (tertiary/aromatic N) is 4. The van der Waals surface area contributed by atoms with Crippen LogP contribution in [0.4, 0.5) is 5.82 Å². The van der Waals surface area contributed by atoms with Crippen molar-refractivity contribution in [2.45, 2.75) is 25.7 Å². The molecule has 0 radical (unpaired) electrons. The van der Waals surface area contributed by atoms with Crippen LogP contribution < -0.4 is 5.56 Å². The van der Waals surface area contributed by atoms with Crippen molar-refractivity contribution in [2.24, 2.45) is 4.99 Å². The van der Waals surface area contributed by atoms with Crippen molar-refractivity contribution in [2.75, 3.05) is 13.1 Å². The topological polar surface area (TPSA) is 105 Å². The van der Waals surface area contributed by atoms with Gasteiger partial charge in [-0.3, -0.25) is 4.79 Å². The molecule has 0 aliphatic heterocycles. The molecule has 4 aromatic rings. The highest BCUT2D eigenvalue weighted by Gasteiger charge is 2.23. The molecule has 2 aromatic heterocycles. The first-order valence-electron chi connectivity index (χ1n) is 11.2. The van der Waals surface area contributed by atoms with Crippen molar-refractivity contribution in [3.8, 4) is 11.6 Å². The molecule has 35 heavy (non-hydrogen) atoms. The Balaban J connectivity index is 1.94. The molecule has 8 nitrogen and oxygen atoms in total. The number of hydrogen-bond donors (Lipinski definition) is 1. The van der Waals surface area contributed by atoms with Gasteiger partial charge < -0.3 is 5.11 Å². The largest absolute Gasteiger partial charge is 0.494 e. The second-order valence-corrected chi connectivity index (χ2v) is 9.90. The highest BCUT2D eigenvalue weighted by Crippen LogP contribution is 2.28. The van der Waals surface area contributed by atoms with Crippen molar-refractivity contribution in [3.05, 3.63) is 88.3 Å². The highest BCUT2D eigenvalue weighted by molar-refractivity contribution is 7.89. The van der Waals surface area contributed by atoms with Gasteiger partial charge in [0.05, 0.1) is 16.1 Å². The van der Waals surface area contributed by atoms with Crippen LogP contribution in [0.25, 0.3) is 16.5 Å². The Kier molecular flexibility index (Phi) is 6.81. The number of aromatic hydroxyl groups is 1. The number of aryl methyl sites for hydroxylation is 1. The quantitative estimate of drug-likeness (QED) is 0.391. The van der Waals surface area contributed by atoms with Crippen molar-refractivity contribution in [3.63, 3.8) is 0 Å². The van der Waals surface area contributed by atoms with Gasteiger partial charge in [0.15, 0.2) is 5.82 Å². The van der Waals surface area contributed by atoms with Crippen molar-refractivity contribution >= 4 is 32.8 Å². The van der Waals surface area contributed by atoms with Gasteiger partial charge >= 0.3 is 0 Å². The Labute approximate surface area is 203 Å². The fourth-order valence-corrected chi connectivity index (χ4v) is 5.44. The van der Waals surface area contributed by atoms with Crippen molar-refractivity contribution in [1.82, 2.24) is 13.9 Å². The van der Waals surface area contributed by atoms with Crippen LogP contribution in [0.15, 0.2) is 81.5 Å². The SMILES string of the molecule is CCN(CC)S(=O)(=O)c1cccc(-n2c(O)c(C=Nc3cc(C)ccn3)c3ccccc3c2=O)c1. The smallest absolute Gasteiger partial charge is 0.265 e. The fraction of sp³-hybridized carbons (Fsp3) is 0.192. The Morgan fingerprint density at radius 2 is 1.74 bits per heavy atom. The molecule has 0 saturated heterocycles. The molecule has 0 aliphatic carbocycles. The minimum atomic E-state index is -3.76. The van der Waals surface area contributed by atoms with E-state index in [-0.39, 0.29) is 16.5 Å². The number of sulfonamides is 1. The predicted octanol–water partition coefficient (Wildman–Crippen LogP) is 4.18. The Morgan fingerprint density at radius 3 is 2.43 bits per heavy atom. The zero-order valence-corrected chi connectivity index (χ0v) is 20.5. The zero-order chi connectivity index (χ0) is 25.2. The van der Waals surface area contributed by atoms with Crippen LogP contribution in [0.2, 0.25) is 0 Å². The number of benzene rings is 2. The van der Waals surface area contributed by atoms with Gasteiger partial charge in [-0.05, 0) is 48.9 Å². The number of hydrogen-bond acceptors (Lipinski definition) is 6. The number of fused-ring (bicyclic) bond motifs is 1. The first-order valence-corrected chi connectivity index (χ1v) is 12.7. The summed E-state index contributed by atoms with van der Waals surface area (Å²) in [6.45, 7) is 6.08. The summed E-state index contributed by atoms with van der Waals surface area (Å²) in [5, 5.41) is 12.1. The number of aromatic nitrogens is 2. The molecule has 0 amide bonds. The summed E-state index contributed by atoms with van der Waals surface area (Å²) in [7, 11) is -3.76. The van der Waals surface area contributed by atoms with Gasteiger partial charge in [-0.1, -0.05) is 38.1 Å². The van der Waals surface area contributed by atoms with Gasteiger partial charge in [0, 0.05) is 36.3 Å². The molecular formula is C26H26N4O4S. The Bertz CT molecular complexity index is 1590. The Morgan fingerprint density at radius 1 is 1.03 bits per heavy atom. The van der Waals surface area contributed by atoms with E-state index in [0.29, 0.717) is 35.2 Å². The summed E-state index contributed by atoms with van der Waals surface area (Å²) in [6, 6.07) is 16.6. The average Bonchev–Trinajstić information content (AvgIpc) is 2.85. The lowest BCUT2D eigenvalue weighted by Crippen LogP contribution is -2.30. The molecule has 1 N–H and O–H groups in total. The first kappa shape index (κ1) is 24.3. The summed E-state index contributed by atoms with van der Waals surface area (Å²) in [5.41, 5.74) is 1.06. The van der Waals surface area contributed by atoms with E-state index in [9.17, 15) is 18.3 Å².